The number of amides is 1. The van der Waals surface area contributed by atoms with Crippen molar-refractivity contribution in [3.63, 3.8) is 0 Å². The van der Waals surface area contributed by atoms with Crippen LogP contribution in [0.4, 0.5) is 0 Å². The molecule has 0 aromatic rings. The monoisotopic (exact) mass is 282 g/mol. The number of carboxylic acids is 1. The zero-order valence-electron chi connectivity index (χ0n) is 12.3. The van der Waals surface area contributed by atoms with Crippen LogP contribution in [-0.2, 0) is 9.59 Å². The second kappa shape index (κ2) is 6.12. The van der Waals surface area contributed by atoms with E-state index >= 15 is 0 Å². The van der Waals surface area contributed by atoms with Crippen LogP contribution in [0.3, 0.4) is 0 Å². The Morgan fingerprint density at radius 1 is 1.25 bits per heavy atom. The van der Waals surface area contributed by atoms with E-state index in [0.29, 0.717) is 13.1 Å². The van der Waals surface area contributed by atoms with Crippen LogP contribution in [-0.4, -0.2) is 41.0 Å². The van der Waals surface area contributed by atoms with Gasteiger partial charge in [0, 0.05) is 13.1 Å². The van der Waals surface area contributed by atoms with Crippen molar-refractivity contribution in [2.45, 2.75) is 57.9 Å². The Morgan fingerprint density at radius 2 is 1.90 bits per heavy atom. The van der Waals surface area contributed by atoms with Crippen molar-refractivity contribution in [3.8, 4) is 0 Å². The van der Waals surface area contributed by atoms with Crippen LogP contribution in [0.1, 0.15) is 51.9 Å². The smallest absolute Gasteiger partial charge is 0.326 e. The highest BCUT2D eigenvalue weighted by Crippen LogP contribution is 2.39. The molecule has 2 unspecified atom stereocenters. The van der Waals surface area contributed by atoms with Gasteiger partial charge in [-0.25, -0.2) is 4.79 Å². The molecule has 2 rings (SSSR count). The van der Waals surface area contributed by atoms with Crippen molar-refractivity contribution < 1.29 is 14.7 Å². The van der Waals surface area contributed by atoms with Crippen LogP contribution in [0.5, 0.6) is 0 Å². The molecule has 5 heteroatoms. The first-order valence-electron chi connectivity index (χ1n) is 7.76. The van der Waals surface area contributed by atoms with E-state index in [1.165, 1.54) is 0 Å². The lowest BCUT2D eigenvalue weighted by atomic mass is 9.72. The molecular formula is C15H26N2O3. The number of piperidine rings is 1. The van der Waals surface area contributed by atoms with Gasteiger partial charge in [0.15, 0.2) is 0 Å². The van der Waals surface area contributed by atoms with E-state index in [2.05, 4.69) is 0 Å². The van der Waals surface area contributed by atoms with Gasteiger partial charge in [0.1, 0.15) is 6.04 Å². The van der Waals surface area contributed by atoms with Crippen LogP contribution in [0.15, 0.2) is 0 Å². The molecule has 1 aliphatic carbocycles. The molecule has 2 atom stereocenters. The number of rotatable bonds is 3. The van der Waals surface area contributed by atoms with E-state index in [-0.39, 0.29) is 11.8 Å². The quantitative estimate of drug-likeness (QED) is 0.823. The van der Waals surface area contributed by atoms with Crippen molar-refractivity contribution >= 4 is 11.9 Å². The van der Waals surface area contributed by atoms with E-state index < -0.39 is 17.4 Å². The topological polar surface area (TPSA) is 83.6 Å². The van der Waals surface area contributed by atoms with Crippen LogP contribution in [0, 0.1) is 11.3 Å². The summed E-state index contributed by atoms with van der Waals surface area (Å²) in [6, 6.07) is -0.679. The van der Waals surface area contributed by atoms with Gasteiger partial charge in [0.2, 0.25) is 5.91 Å². The molecule has 5 nitrogen and oxygen atoms in total. The van der Waals surface area contributed by atoms with Crippen molar-refractivity contribution in [3.05, 3.63) is 0 Å². The van der Waals surface area contributed by atoms with Gasteiger partial charge in [0.05, 0.1) is 5.41 Å². The zero-order valence-corrected chi connectivity index (χ0v) is 12.3. The first-order valence-corrected chi connectivity index (χ1v) is 7.76. The molecule has 3 N–H and O–H groups in total. The minimum atomic E-state index is -0.881. The number of nitrogens with zero attached hydrogens (tertiary/aromatic N) is 1. The minimum Gasteiger partial charge on any atom is -0.480 e. The number of carboxylic acid groups (broad SMARTS) is 1. The highest BCUT2D eigenvalue weighted by atomic mass is 16.4. The van der Waals surface area contributed by atoms with Crippen molar-refractivity contribution in [2.75, 3.05) is 13.1 Å². The normalized spacial score (nSPS) is 30.0. The summed E-state index contributed by atoms with van der Waals surface area (Å²) in [6.45, 7) is 2.82. The largest absolute Gasteiger partial charge is 0.480 e. The third-order valence-corrected chi connectivity index (χ3v) is 5.10. The molecule has 1 amide bonds. The number of nitrogens with two attached hydrogens (primary N) is 1. The van der Waals surface area contributed by atoms with Gasteiger partial charge in [-0.1, -0.05) is 26.2 Å². The van der Waals surface area contributed by atoms with Gasteiger partial charge in [-0.3, -0.25) is 4.79 Å². The molecule has 0 radical (unpaired) electrons. The minimum absolute atomic E-state index is 0.0151. The molecule has 1 saturated carbocycles. The number of hydrogen-bond acceptors (Lipinski definition) is 3. The first kappa shape index (κ1) is 15.3. The lowest BCUT2D eigenvalue weighted by Gasteiger charge is -2.44. The summed E-state index contributed by atoms with van der Waals surface area (Å²) in [5.41, 5.74) is 5.40. The van der Waals surface area contributed by atoms with Gasteiger partial charge in [-0.05, 0) is 31.6 Å². The van der Waals surface area contributed by atoms with E-state index in [1.807, 2.05) is 6.92 Å². The summed E-state index contributed by atoms with van der Waals surface area (Å²) in [5.74, 6) is -0.879. The Hall–Kier alpha value is -1.10. The highest BCUT2D eigenvalue weighted by molar-refractivity contribution is 5.88. The van der Waals surface area contributed by atoms with Gasteiger partial charge in [-0.2, -0.15) is 0 Å². The lowest BCUT2D eigenvalue weighted by Crippen LogP contribution is -2.58. The maximum Gasteiger partial charge on any atom is 0.326 e. The SMILES string of the molecule is CC1CCCN(C(=O)C2(CN)CCCCC2)C1C(=O)O. The maximum absolute atomic E-state index is 12.9. The Balaban J connectivity index is 2.22. The maximum atomic E-state index is 12.9. The number of aliphatic carboxylic acids is 1. The fraction of sp³-hybridized carbons (Fsp3) is 0.867. The third kappa shape index (κ3) is 2.68. The third-order valence-electron chi connectivity index (χ3n) is 5.10. The van der Waals surface area contributed by atoms with Crippen molar-refractivity contribution in [2.24, 2.45) is 17.1 Å². The van der Waals surface area contributed by atoms with Gasteiger partial charge in [-0.15, -0.1) is 0 Å². The first-order chi connectivity index (χ1) is 9.52. The Labute approximate surface area is 120 Å². The zero-order chi connectivity index (χ0) is 14.8. The fourth-order valence-corrected chi connectivity index (χ4v) is 3.83. The average molecular weight is 282 g/mol. The summed E-state index contributed by atoms with van der Waals surface area (Å²) in [5, 5.41) is 9.46. The Morgan fingerprint density at radius 3 is 2.45 bits per heavy atom. The summed E-state index contributed by atoms with van der Waals surface area (Å²) >= 11 is 0. The Kier molecular flexibility index (Phi) is 4.68. The van der Waals surface area contributed by atoms with Crippen LogP contribution >= 0.6 is 0 Å². The van der Waals surface area contributed by atoms with Crippen LogP contribution < -0.4 is 5.73 Å². The molecule has 114 valence electrons. The van der Waals surface area contributed by atoms with E-state index in [9.17, 15) is 14.7 Å². The molecule has 0 spiro atoms. The van der Waals surface area contributed by atoms with E-state index in [0.717, 1.165) is 44.9 Å². The molecule has 1 saturated heterocycles. The highest BCUT2D eigenvalue weighted by Gasteiger charge is 2.46. The molecule has 1 heterocycles. The molecule has 0 bridgehead atoms. The molecular weight excluding hydrogens is 256 g/mol. The predicted molar refractivity (Wildman–Crippen MR) is 76.1 cm³/mol. The van der Waals surface area contributed by atoms with Crippen LogP contribution in [0.2, 0.25) is 0 Å². The predicted octanol–water partition coefficient (Wildman–Crippen LogP) is 1.61. The molecule has 0 aromatic heterocycles. The summed E-state index contributed by atoms with van der Waals surface area (Å²) in [7, 11) is 0. The van der Waals surface area contributed by atoms with Gasteiger partial charge < -0.3 is 15.7 Å². The number of hydrogen-bond donors (Lipinski definition) is 2. The lowest BCUT2D eigenvalue weighted by molar-refractivity contribution is -0.160. The summed E-state index contributed by atoms with van der Waals surface area (Å²) < 4.78 is 0. The summed E-state index contributed by atoms with van der Waals surface area (Å²) in [6.07, 6.45) is 6.55. The fourth-order valence-electron chi connectivity index (χ4n) is 3.83. The molecule has 1 aliphatic heterocycles. The van der Waals surface area contributed by atoms with E-state index in [4.69, 9.17) is 5.73 Å². The van der Waals surface area contributed by atoms with Crippen LogP contribution in [0.25, 0.3) is 0 Å². The van der Waals surface area contributed by atoms with Gasteiger partial charge >= 0.3 is 5.97 Å². The second-order valence-corrected chi connectivity index (χ2v) is 6.45. The second-order valence-electron chi connectivity index (χ2n) is 6.45. The standard InChI is InChI=1S/C15H26N2O3/c1-11-6-5-9-17(12(11)13(18)19)14(20)15(10-16)7-3-2-4-8-15/h11-12H,2-10,16H2,1H3,(H,18,19). The Bertz CT molecular complexity index is 377. The van der Waals surface area contributed by atoms with Crippen molar-refractivity contribution in [1.82, 2.24) is 4.90 Å². The number of carbonyl (C=O) groups is 2. The molecule has 2 fully saturated rings. The van der Waals surface area contributed by atoms with E-state index in [1.54, 1.807) is 4.90 Å². The average Bonchev–Trinajstić information content (AvgIpc) is 2.46. The molecule has 0 aromatic carbocycles. The molecule has 2 aliphatic rings. The number of likely N-dealkylation sites (tertiary alicyclic amines) is 1. The van der Waals surface area contributed by atoms with Crippen molar-refractivity contribution in [1.29, 1.82) is 0 Å². The molecule has 20 heavy (non-hydrogen) atoms. The number of carbonyl (C=O) groups excluding carboxylic acids is 1. The summed E-state index contributed by atoms with van der Waals surface area (Å²) in [4.78, 5) is 26.1. The van der Waals surface area contributed by atoms with Gasteiger partial charge in [0.25, 0.3) is 0 Å².